The summed E-state index contributed by atoms with van der Waals surface area (Å²) in [6.45, 7) is 2.00. The molecule has 4 bridgehead atoms. The number of ether oxygens (including phenoxy) is 1. The van der Waals surface area contributed by atoms with Gasteiger partial charge in [-0.2, -0.15) is 15.3 Å². The fourth-order valence-electron chi connectivity index (χ4n) is 7.76. The lowest BCUT2D eigenvalue weighted by Crippen LogP contribution is -2.47. The Labute approximate surface area is 302 Å². The van der Waals surface area contributed by atoms with Gasteiger partial charge in [0.05, 0.1) is 23.6 Å². The third-order valence-corrected chi connectivity index (χ3v) is 10.2. The van der Waals surface area contributed by atoms with Gasteiger partial charge in [-0.1, -0.05) is 24.3 Å². The van der Waals surface area contributed by atoms with Gasteiger partial charge in [-0.3, -0.25) is 14.2 Å². The molecule has 1 amide bonds. The zero-order valence-electron chi connectivity index (χ0n) is 28.9. The molecule has 13 nitrogen and oxygen atoms in total. The molecule has 1 fully saturated rings. The van der Waals surface area contributed by atoms with Crippen LogP contribution in [0.1, 0.15) is 25.0 Å². The molecule has 268 valence electrons. The lowest BCUT2D eigenvalue weighted by atomic mass is 9.98. The molecule has 0 spiro atoms. The molecule has 2 atom stereocenters. The second-order valence-corrected chi connectivity index (χ2v) is 13.5. The average molecular weight is 716 g/mol. The van der Waals surface area contributed by atoms with Crippen molar-refractivity contribution in [2.24, 2.45) is 7.05 Å². The Morgan fingerprint density at radius 3 is 2.75 bits per heavy atom. The summed E-state index contributed by atoms with van der Waals surface area (Å²) in [5, 5.41) is 15.1. The Balaban J connectivity index is 1.12. The van der Waals surface area contributed by atoms with Crippen LogP contribution in [0.25, 0.3) is 38.8 Å². The molecule has 9 rings (SSSR count). The number of hydrogen-bond donors (Lipinski definition) is 0. The molecule has 0 unspecified atom stereocenters. The number of carbonyl (C=O) groups is 1. The van der Waals surface area contributed by atoms with Gasteiger partial charge in [0.15, 0.2) is 11.5 Å². The van der Waals surface area contributed by atoms with Gasteiger partial charge in [-0.25, -0.2) is 28.4 Å². The first-order chi connectivity index (χ1) is 25.9. The van der Waals surface area contributed by atoms with E-state index < -0.39 is 17.7 Å². The Kier molecular flexibility index (Phi) is 8.24. The maximum absolute atomic E-state index is 14.9. The predicted octanol–water partition coefficient (Wildman–Crippen LogP) is 5.13. The first-order valence-corrected chi connectivity index (χ1v) is 17.6. The molecule has 15 heteroatoms. The molecule has 3 aromatic carbocycles. The van der Waals surface area contributed by atoms with Crippen LogP contribution in [0.4, 0.5) is 14.6 Å². The molecule has 53 heavy (non-hydrogen) atoms. The molecule has 4 aromatic heterocycles. The number of fused-ring (bicyclic) bond motifs is 6. The summed E-state index contributed by atoms with van der Waals surface area (Å²) < 4.78 is 40.4. The summed E-state index contributed by atoms with van der Waals surface area (Å²) in [4.78, 5) is 31.9. The topological polar surface area (TPSA) is 125 Å². The normalized spacial score (nSPS) is 17.7. The Morgan fingerprint density at radius 2 is 1.89 bits per heavy atom. The van der Waals surface area contributed by atoms with E-state index in [1.807, 2.05) is 51.9 Å². The number of aromatic nitrogens is 9. The predicted molar refractivity (Wildman–Crippen MR) is 192 cm³/mol. The van der Waals surface area contributed by atoms with E-state index in [1.165, 1.54) is 29.5 Å². The molecule has 7 aromatic rings. The number of rotatable bonds is 6. The highest BCUT2D eigenvalue weighted by Gasteiger charge is 2.42. The van der Waals surface area contributed by atoms with E-state index in [2.05, 4.69) is 37.3 Å². The van der Waals surface area contributed by atoms with Crippen LogP contribution >= 0.6 is 0 Å². The monoisotopic (exact) mass is 715 g/mol. The number of carbonyl (C=O) groups excluding carboxylic acids is 1. The molecular weight excluding hydrogens is 680 g/mol. The van der Waals surface area contributed by atoms with E-state index >= 15 is 0 Å². The van der Waals surface area contributed by atoms with Crippen LogP contribution in [-0.2, 0) is 24.8 Å². The lowest BCUT2D eigenvalue weighted by molar-refractivity contribution is -0.132. The Hall–Kier alpha value is -6.25. The van der Waals surface area contributed by atoms with Crippen molar-refractivity contribution >= 4 is 33.7 Å². The summed E-state index contributed by atoms with van der Waals surface area (Å²) in [6, 6.07) is 16.9. The van der Waals surface area contributed by atoms with Crippen LogP contribution < -0.4 is 9.64 Å². The van der Waals surface area contributed by atoms with Crippen LogP contribution in [0.2, 0.25) is 0 Å². The minimum atomic E-state index is -0.774. The summed E-state index contributed by atoms with van der Waals surface area (Å²) in [6.07, 6.45) is 8.28. The minimum absolute atomic E-state index is 0.0439. The highest BCUT2D eigenvalue weighted by atomic mass is 19.1. The quantitative estimate of drug-likeness (QED) is 0.231. The van der Waals surface area contributed by atoms with E-state index in [-0.39, 0.29) is 17.7 Å². The summed E-state index contributed by atoms with van der Waals surface area (Å²) in [5.41, 5.74) is 4.51. The van der Waals surface area contributed by atoms with Crippen LogP contribution in [0.3, 0.4) is 0 Å². The van der Waals surface area contributed by atoms with Crippen LogP contribution in [0.15, 0.2) is 85.8 Å². The highest BCUT2D eigenvalue weighted by molar-refractivity contribution is 5.97. The number of aryl methyl sites for hydroxylation is 3. The largest absolute Gasteiger partial charge is 0.488 e. The molecule has 0 N–H and O–H groups in total. The first-order valence-electron chi connectivity index (χ1n) is 17.6. The van der Waals surface area contributed by atoms with Crippen LogP contribution in [0, 0.1) is 11.6 Å². The maximum atomic E-state index is 14.9. The second kappa shape index (κ2) is 13.4. The number of halogens is 2. The number of benzene rings is 3. The van der Waals surface area contributed by atoms with E-state index in [4.69, 9.17) is 9.84 Å². The van der Waals surface area contributed by atoms with Gasteiger partial charge in [-0.15, -0.1) is 0 Å². The van der Waals surface area contributed by atoms with Gasteiger partial charge in [0.25, 0.3) is 0 Å². The van der Waals surface area contributed by atoms with Crippen molar-refractivity contribution in [2.75, 3.05) is 24.5 Å². The number of nitrogens with zero attached hydrogens (tertiary/aromatic N) is 11. The highest BCUT2D eigenvalue weighted by Crippen LogP contribution is 2.37. The van der Waals surface area contributed by atoms with Crippen LogP contribution in [-0.4, -0.2) is 86.9 Å². The van der Waals surface area contributed by atoms with E-state index in [9.17, 15) is 13.6 Å². The zero-order valence-corrected chi connectivity index (χ0v) is 28.9. The molecule has 2 aliphatic rings. The fourth-order valence-corrected chi connectivity index (χ4v) is 7.76. The van der Waals surface area contributed by atoms with Crippen molar-refractivity contribution in [3.05, 3.63) is 103 Å². The molecule has 1 saturated heterocycles. The van der Waals surface area contributed by atoms with E-state index in [0.29, 0.717) is 61.6 Å². The maximum Gasteiger partial charge on any atom is 0.245 e. The molecule has 0 saturated carbocycles. The van der Waals surface area contributed by atoms with Crippen molar-refractivity contribution in [1.29, 1.82) is 0 Å². The van der Waals surface area contributed by atoms with Crippen molar-refractivity contribution in [2.45, 2.75) is 44.4 Å². The third-order valence-electron chi connectivity index (χ3n) is 10.2. The van der Waals surface area contributed by atoms with Gasteiger partial charge in [0.2, 0.25) is 5.91 Å². The van der Waals surface area contributed by atoms with E-state index in [1.54, 1.807) is 17.2 Å². The number of hydrogen-bond acceptors (Lipinski definition) is 9. The Bertz CT molecular complexity index is 2460. The van der Waals surface area contributed by atoms with Crippen LogP contribution in [0.5, 0.6) is 5.75 Å². The van der Waals surface area contributed by atoms with Gasteiger partial charge in [0.1, 0.15) is 54.2 Å². The molecule has 0 radical (unpaired) electrons. The standard InChI is InChI=1S/C38H35F2N11O2/c1-47-33-10-4-13-48(14-5-15-49-23-41-21-45-49)38(52)34-18-27(53-26-7-2-6-24(16-26)28-8-3-9-31(46-47)35(28)33)20-50(34)36-29-19-44-51(37(29)43-22-42-36)32-12-11-25(39)17-30(32)40/h2-3,6-9,11-12,16-17,19,21-23,27,34H,4-5,10,13-15,18,20H2,1H3/t27-,34-/m0/s1. The van der Waals surface area contributed by atoms with Crippen molar-refractivity contribution in [3.63, 3.8) is 0 Å². The molecule has 6 heterocycles. The SMILES string of the molecule is Cn1nc2cccc3c2c1CCCN(CCCn1cncn1)C(=O)[C@@H]1C[C@@H](CN1c1ncnc2c1cnn2-c1ccc(F)cc1F)Oc1cccc-3c1. The summed E-state index contributed by atoms with van der Waals surface area (Å²) >= 11 is 0. The zero-order chi connectivity index (χ0) is 36.1. The molecular formula is C38H35F2N11O2. The summed E-state index contributed by atoms with van der Waals surface area (Å²) in [7, 11) is 1.97. The van der Waals surface area contributed by atoms with Gasteiger partial charge in [-0.05, 0) is 60.7 Å². The lowest BCUT2D eigenvalue weighted by Gasteiger charge is -2.31. The summed E-state index contributed by atoms with van der Waals surface area (Å²) in [5.74, 6) is -0.337. The van der Waals surface area contributed by atoms with E-state index in [0.717, 1.165) is 46.6 Å². The van der Waals surface area contributed by atoms with Crippen molar-refractivity contribution < 1.29 is 18.3 Å². The van der Waals surface area contributed by atoms with Crippen molar-refractivity contribution in [1.82, 2.24) is 49.2 Å². The van der Waals surface area contributed by atoms with Crippen molar-refractivity contribution in [3.8, 4) is 22.6 Å². The van der Waals surface area contributed by atoms with Gasteiger partial charge in [0, 0.05) is 50.2 Å². The number of anilines is 1. The smallest absolute Gasteiger partial charge is 0.245 e. The number of amides is 1. The third kappa shape index (κ3) is 6.01. The Morgan fingerprint density at radius 1 is 0.981 bits per heavy atom. The minimum Gasteiger partial charge on any atom is -0.488 e. The average Bonchev–Trinajstić information content (AvgIpc) is 3.97. The molecule has 0 aliphatic carbocycles. The molecule has 2 aliphatic heterocycles. The van der Waals surface area contributed by atoms with Gasteiger partial charge < -0.3 is 14.5 Å². The first kappa shape index (κ1) is 32.6. The second-order valence-electron chi connectivity index (χ2n) is 13.5. The fraction of sp³-hybridized carbons (Fsp3) is 0.289. The van der Waals surface area contributed by atoms with Gasteiger partial charge >= 0.3 is 0 Å².